The first-order valence-electron chi connectivity index (χ1n) is 5.96. The third-order valence-electron chi connectivity index (χ3n) is 2.86. The third-order valence-corrected chi connectivity index (χ3v) is 4.13. The molecule has 0 bridgehead atoms. The van der Waals surface area contributed by atoms with Crippen LogP contribution in [-0.4, -0.2) is 23.8 Å². The number of hydrogen-bond donors (Lipinski definition) is 1. The van der Waals surface area contributed by atoms with Crippen LogP contribution in [0, 0.1) is 5.82 Å². The number of thiophene rings is 1. The Balaban J connectivity index is 2.13. The van der Waals surface area contributed by atoms with Gasteiger partial charge in [-0.05, 0) is 23.8 Å². The summed E-state index contributed by atoms with van der Waals surface area (Å²) in [5, 5.41) is 1.80. The summed E-state index contributed by atoms with van der Waals surface area (Å²) in [4.78, 5) is 25.1. The highest BCUT2D eigenvalue weighted by Gasteiger charge is 2.17. The summed E-state index contributed by atoms with van der Waals surface area (Å²) in [7, 11) is 1.60. The van der Waals surface area contributed by atoms with Crippen molar-refractivity contribution in [1.29, 1.82) is 0 Å². The summed E-state index contributed by atoms with van der Waals surface area (Å²) in [5.41, 5.74) is 6.09. The SMILES string of the molecule is CN(Cc1ccc(F)cc1Cl)C(=O)c1cc(C(N)=O)cs1. The smallest absolute Gasteiger partial charge is 0.263 e. The molecule has 0 atom stereocenters. The minimum Gasteiger partial charge on any atom is -0.366 e. The van der Waals surface area contributed by atoms with Gasteiger partial charge in [0.15, 0.2) is 0 Å². The van der Waals surface area contributed by atoms with Crippen LogP contribution in [0.1, 0.15) is 25.6 Å². The van der Waals surface area contributed by atoms with E-state index in [0.29, 0.717) is 16.0 Å². The second kappa shape index (κ2) is 6.24. The van der Waals surface area contributed by atoms with Gasteiger partial charge in [-0.25, -0.2) is 4.39 Å². The van der Waals surface area contributed by atoms with Crippen molar-refractivity contribution in [2.45, 2.75) is 6.54 Å². The van der Waals surface area contributed by atoms with Crippen LogP contribution < -0.4 is 5.73 Å². The van der Waals surface area contributed by atoms with Crippen molar-refractivity contribution in [3.8, 4) is 0 Å². The highest BCUT2D eigenvalue weighted by atomic mass is 35.5. The Hall–Kier alpha value is -1.92. The summed E-state index contributed by atoms with van der Waals surface area (Å²) in [5.74, 6) is -1.26. The van der Waals surface area contributed by atoms with Crippen molar-refractivity contribution in [3.63, 3.8) is 0 Å². The molecule has 2 aromatic rings. The van der Waals surface area contributed by atoms with Crippen LogP contribution in [0.25, 0.3) is 0 Å². The first-order chi connectivity index (χ1) is 9.88. The Morgan fingerprint density at radius 1 is 1.38 bits per heavy atom. The van der Waals surface area contributed by atoms with E-state index in [-0.39, 0.29) is 17.5 Å². The minimum atomic E-state index is -0.575. The number of rotatable bonds is 4. The first kappa shape index (κ1) is 15.5. The zero-order chi connectivity index (χ0) is 15.6. The Morgan fingerprint density at radius 2 is 2.10 bits per heavy atom. The Bertz CT molecular complexity index is 702. The molecule has 1 aromatic heterocycles. The fourth-order valence-corrected chi connectivity index (χ4v) is 2.86. The molecule has 4 nitrogen and oxygen atoms in total. The maximum Gasteiger partial charge on any atom is 0.263 e. The molecule has 0 fully saturated rings. The molecular formula is C14H12ClFN2O2S. The van der Waals surface area contributed by atoms with Gasteiger partial charge in [0.1, 0.15) is 5.82 Å². The van der Waals surface area contributed by atoms with E-state index in [2.05, 4.69) is 0 Å². The molecule has 2 rings (SSSR count). The van der Waals surface area contributed by atoms with Crippen LogP contribution >= 0.6 is 22.9 Å². The number of halogens is 2. The van der Waals surface area contributed by atoms with Gasteiger partial charge >= 0.3 is 0 Å². The average Bonchev–Trinajstić information content (AvgIpc) is 2.90. The lowest BCUT2D eigenvalue weighted by Gasteiger charge is -2.17. The van der Waals surface area contributed by atoms with Gasteiger partial charge in [0.25, 0.3) is 5.91 Å². The number of hydrogen-bond acceptors (Lipinski definition) is 3. The van der Waals surface area contributed by atoms with Crippen molar-refractivity contribution < 1.29 is 14.0 Å². The molecule has 0 unspecified atom stereocenters. The maximum atomic E-state index is 13.0. The zero-order valence-electron chi connectivity index (χ0n) is 11.1. The van der Waals surface area contributed by atoms with Crippen LogP contribution in [0.5, 0.6) is 0 Å². The zero-order valence-corrected chi connectivity index (χ0v) is 12.7. The summed E-state index contributed by atoms with van der Waals surface area (Å²) in [6.45, 7) is 0.238. The minimum absolute atomic E-state index is 0.238. The van der Waals surface area contributed by atoms with E-state index < -0.39 is 11.7 Å². The van der Waals surface area contributed by atoms with Crippen LogP contribution in [0.15, 0.2) is 29.6 Å². The standard InChI is InChI=1S/C14H12ClFN2O2S/c1-18(6-8-2-3-10(16)5-11(8)15)14(20)12-4-9(7-21-12)13(17)19/h2-5,7H,6H2,1H3,(H2,17,19). The van der Waals surface area contributed by atoms with Gasteiger partial charge in [-0.3, -0.25) is 9.59 Å². The molecule has 0 aliphatic heterocycles. The summed E-state index contributed by atoms with van der Waals surface area (Å²) in [6, 6.07) is 5.48. The molecule has 0 spiro atoms. The number of primary amides is 1. The van der Waals surface area contributed by atoms with Crippen molar-refractivity contribution in [3.05, 3.63) is 56.5 Å². The van der Waals surface area contributed by atoms with Crippen LogP contribution in [0.3, 0.4) is 0 Å². The van der Waals surface area contributed by atoms with Crippen molar-refractivity contribution in [1.82, 2.24) is 4.90 Å². The monoisotopic (exact) mass is 326 g/mol. The molecule has 0 saturated carbocycles. The summed E-state index contributed by atoms with van der Waals surface area (Å²) >= 11 is 7.08. The summed E-state index contributed by atoms with van der Waals surface area (Å²) < 4.78 is 13.0. The summed E-state index contributed by atoms with van der Waals surface area (Å²) in [6.07, 6.45) is 0. The second-order valence-electron chi connectivity index (χ2n) is 4.46. The van der Waals surface area contributed by atoms with Crippen molar-refractivity contribution in [2.24, 2.45) is 5.73 Å². The quantitative estimate of drug-likeness (QED) is 0.939. The van der Waals surface area contributed by atoms with Gasteiger partial charge in [0.05, 0.1) is 10.4 Å². The van der Waals surface area contributed by atoms with Gasteiger partial charge in [0.2, 0.25) is 5.91 Å². The molecule has 1 heterocycles. The number of carbonyl (C=O) groups is 2. The van der Waals surface area contributed by atoms with E-state index in [0.717, 1.165) is 11.3 Å². The topological polar surface area (TPSA) is 63.4 Å². The van der Waals surface area contributed by atoms with E-state index in [4.69, 9.17) is 17.3 Å². The molecule has 0 radical (unpaired) electrons. The van der Waals surface area contributed by atoms with E-state index in [9.17, 15) is 14.0 Å². The Kier molecular flexibility index (Phi) is 4.59. The lowest BCUT2D eigenvalue weighted by Crippen LogP contribution is -2.25. The van der Waals surface area contributed by atoms with Gasteiger partial charge in [-0.2, -0.15) is 0 Å². The predicted molar refractivity (Wildman–Crippen MR) is 80.0 cm³/mol. The molecule has 2 N–H and O–H groups in total. The highest BCUT2D eigenvalue weighted by Crippen LogP contribution is 2.21. The predicted octanol–water partition coefficient (Wildman–Crippen LogP) is 2.91. The van der Waals surface area contributed by atoms with Gasteiger partial charge < -0.3 is 10.6 Å². The molecule has 1 aromatic carbocycles. The molecule has 0 aliphatic rings. The van der Waals surface area contributed by atoms with Gasteiger partial charge in [0, 0.05) is 24.0 Å². The number of benzene rings is 1. The van der Waals surface area contributed by atoms with Gasteiger partial charge in [-0.15, -0.1) is 11.3 Å². The fourth-order valence-electron chi connectivity index (χ4n) is 1.74. The number of amides is 2. The number of nitrogens with two attached hydrogens (primary N) is 1. The molecule has 2 amide bonds. The average molecular weight is 327 g/mol. The third kappa shape index (κ3) is 3.59. The van der Waals surface area contributed by atoms with E-state index in [1.165, 1.54) is 34.5 Å². The molecule has 0 saturated heterocycles. The van der Waals surface area contributed by atoms with E-state index >= 15 is 0 Å². The Labute approximate surface area is 129 Å². The first-order valence-corrected chi connectivity index (χ1v) is 7.22. The largest absolute Gasteiger partial charge is 0.366 e. The lowest BCUT2D eigenvalue weighted by molar-refractivity contribution is 0.0790. The molecular weight excluding hydrogens is 315 g/mol. The number of carbonyl (C=O) groups excluding carboxylic acids is 2. The van der Waals surface area contributed by atoms with E-state index in [1.54, 1.807) is 7.05 Å². The van der Waals surface area contributed by atoms with Crippen molar-refractivity contribution in [2.75, 3.05) is 7.05 Å². The Morgan fingerprint density at radius 3 is 2.67 bits per heavy atom. The normalized spacial score (nSPS) is 10.4. The van der Waals surface area contributed by atoms with Crippen LogP contribution in [0.2, 0.25) is 5.02 Å². The molecule has 7 heteroatoms. The second-order valence-corrected chi connectivity index (χ2v) is 5.78. The molecule has 110 valence electrons. The van der Waals surface area contributed by atoms with E-state index in [1.807, 2.05) is 0 Å². The van der Waals surface area contributed by atoms with Gasteiger partial charge in [-0.1, -0.05) is 17.7 Å². The number of nitrogens with zero attached hydrogens (tertiary/aromatic N) is 1. The highest BCUT2D eigenvalue weighted by molar-refractivity contribution is 7.12. The lowest BCUT2D eigenvalue weighted by atomic mass is 10.2. The molecule has 0 aliphatic carbocycles. The fraction of sp³-hybridized carbons (Fsp3) is 0.143. The van der Waals surface area contributed by atoms with Crippen LogP contribution in [-0.2, 0) is 6.54 Å². The van der Waals surface area contributed by atoms with Crippen molar-refractivity contribution >= 4 is 34.8 Å². The maximum absolute atomic E-state index is 13.0. The van der Waals surface area contributed by atoms with Crippen LogP contribution in [0.4, 0.5) is 4.39 Å². The molecule has 21 heavy (non-hydrogen) atoms.